The van der Waals surface area contributed by atoms with Gasteiger partial charge in [0.1, 0.15) is 17.1 Å². The first-order chi connectivity index (χ1) is 14.8. The Morgan fingerprint density at radius 3 is 2.48 bits per heavy atom. The Kier molecular flexibility index (Phi) is 6.35. The molecule has 2 aromatic carbocycles. The molecule has 2 N–H and O–H groups in total. The number of carboxylic acids is 1. The summed E-state index contributed by atoms with van der Waals surface area (Å²) in [6.07, 6.45) is 0.315. The summed E-state index contributed by atoms with van der Waals surface area (Å²) in [6, 6.07) is 11.7. The molecule has 4 amide bonds. The van der Waals surface area contributed by atoms with Crippen molar-refractivity contribution in [3.63, 3.8) is 0 Å². The standard InChI is InChI=1S/C22H20N2O7/c1-3-30-17-6-4-5-15(12-17)24-20(26)18(19(25)23-22(24)29)11-14-7-9-16(10-8-14)31-13(2)21(27)28/h4-13H,3H2,1-2H3,(H,27,28)(H,23,25,29). The van der Waals surface area contributed by atoms with Gasteiger partial charge in [-0.2, -0.15) is 0 Å². The number of carbonyl (C=O) groups excluding carboxylic acids is 3. The number of rotatable bonds is 7. The van der Waals surface area contributed by atoms with E-state index in [0.29, 0.717) is 23.7 Å². The van der Waals surface area contributed by atoms with Gasteiger partial charge in [0.25, 0.3) is 11.8 Å². The van der Waals surface area contributed by atoms with Crippen LogP contribution in [0.3, 0.4) is 0 Å². The average molecular weight is 424 g/mol. The first kappa shape index (κ1) is 21.6. The van der Waals surface area contributed by atoms with E-state index >= 15 is 0 Å². The highest BCUT2D eigenvalue weighted by molar-refractivity contribution is 6.39. The molecule has 1 aliphatic rings. The number of amides is 4. The Morgan fingerprint density at radius 2 is 1.84 bits per heavy atom. The molecule has 1 unspecified atom stereocenters. The minimum atomic E-state index is -1.10. The number of benzene rings is 2. The fraction of sp³-hybridized carbons (Fsp3) is 0.182. The van der Waals surface area contributed by atoms with Crippen molar-refractivity contribution >= 4 is 35.6 Å². The third kappa shape index (κ3) is 4.89. The molecule has 0 saturated carbocycles. The van der Waals surface area contributed by atoms with Crippen molar-refractivity contribution in [2.45, 2.75) is 20.0 Å². The molecule has 0 aromatic heterocycles. The quantitative estimate of drug-likeness (QED) is 0.517. The highest BCUT2D eigenvalue weighted by Gasteiger charge is 2.36. The van der Waals surface area contributed by atoms with Crippen LogP contribution in [0.2, 0.25) is 0 Å². The second kappa shape index (κ2) is 9.12. The maximum atomic E-state index is 13.0. The SMILES string of the molecule is CCOc1cccc(N2C(=O)NC(=O)C(=Cc3ccc(OC(C)C(=O)O)cc3)C2=O)c1. The second-order valence-corrected chi connectivity index (χ2v) is 6.56. The molecule has 2 aromatic rings. The van der Waals surface area contributed by atoms with Crippen LogP contribution < -0.4 is 19.7 Å². The number of imide groups is 2. The number of ether oxygens (including phenoxy) is 2. The van der Waals surface area contributed by atoms with Crippen molar-refractivity contribution in [1.29, 1.82) is 0 Å². The van der Waals surface area contributed by atoms with Crippen LogP contribution in [0, 0.1) is 0 Å². The molecule has 1 heterocycles. The van der Waals surface area contributed by atoms with Gasteiger partial charge in [-0.3, -0.25) is 14.9 Å². The van der Waals surface area contributed by atoms with Crippen molar-refractivity contribution < 1.29 is 33.8 Å². The third-order valence-corrected chi connectivity index (χ3v) is 4.34. The monoisotopic (exact) mass is 424 g/mol. The molecule has 31 heavy (non-hydrogen) atoms. The molecule has 1 aliphatic heterocycles. The van der Waals surface area contributed by atoms with E-state index in [1.165, 1.54) is 31.2 Å². The lowest BCUT2D eigenvalue weighted by molar-refractivity contribution is -0.144. The summed E-state index contributed by atoms with van der Waals surface area (Å²) < 4.78 is 10.7. The molecule has 9 nitrogen and oxygen atoms in total. The Labute approximate surface area is 177 Å². The third-order valence-electron chi connectivity index (χ3n) is 4.34. The lowest BCUT2D eigenvalue weighted by atomic mass is 10.1. The average Bonchev–Trinajstić information content (AvgIpc) is 2.72. The van der Waals surface area contributed by atoms with Crippen molar-refractivity contribution in [2.24, 2.45) is 0 Å². The van der Waals surface area contributed by atoms with E-state index in [1.807, 2.05) is 6.92 Å². The predicted octanol–water partition coefficient (Wildman–Crippen LogP) is 2.60. The summed E-state index contributed by atoms with van der Waals surface area (Å²) in [6.45, 7) is 3.62. The molecule has 1 fully saturated rings. The number of urea groups is 1. The summed E-state index contributed by atoms with van der Waals surface area (Å²) in [5.41, 5.74) is 0.526. The number of carboxylic acid groups (broad SMARTS) is 1. The zero-order valence-corrected chi connectivity index (χ0v) is 16.8. The fourth-order valence-corrected chi connectivity index (χ4v) is 2.83. The van der Waals surface area contributed by atoms with E-state index in [0.717, 1.165) is 4.90 Å². The zero-order valence-electron chi connectivity index (χ0n) is 16.8. The summed E-state index contributed by atoms with van der Waals surface area (Å²) in [7, 11) is 0. The molecule has 0 spiro atoms. The maximum Gasteiger partial charge on any atom is 0.344 e. The van der Waals surface area contributed by atoms with Gasteiger partial charge in [0.15, 0.2) is 6.10 Å². The van der Waals surface area contributed by atoms with Crippen LogP contribution >= 0.6 is 0 Å². The Bertz CT molecular complexity index is 1060. The topological polar surface area (TPSA) is 122 Å². The summed E-state index contributed by atoms with van der Waals surface area (Å²) in [4.78, 5) is 49.3. The van der Waals surface area contributed by atoms with Gasteiger partial charge >= 0.3 is 12.0 Å². The van der Waals surface area contributed by atoms with Gasteiger partial charge in [-0.05, 0) is 49.8 Å². The highest BCUT2D eigenvalue weighted by Crippen LogP contribution is 2.26. The fourth-order valence-electron chi connectivity index (χ4n) is 2.83. The lowest BCUT2D eigenvalue weighted by Gasteiger charge is -2.26. The Morgan fingerprint density at radius 1 is 1.13 bits per heavy atom. The van der Waals surface area contributed by atoms with Crippen molar-refractivity contribution in [3.05, 3.63) is 59.7 Å². The molecular formula is C22H20N2O7. The smallest absolute Gasteiger partial charge is 0.344 e. The minimum absolute atomic E-state index is 0.228. The van der Waals surface area contributed by atoms with Gasteiger partial charge < -0.3 is 14.6 Å². The number of nitrogens with one attached hydrogen (secondary N) is 1. The molecule has 9 heteroatoms. The van der Waals surface area contributed by atoms with E-state index in [-0.39, 0.29) is 11.3 Å². The van der Waals surface area contributed by atoms with Crippen LogP contribution in [0.15, 0.2) is 54.1 Å². The highest BCUT2D eigenvalue weighted by atomic mass is 16.5. The van der Waals surface area contributed by atoms with Crippen LogP contribution in [0.5, 0.6) is 11.5 Å². The van der Waals surface area contributed by atoms with Gasteiger partial charge in [0, 0.05) is 6.07 Å². The van der Waals surface area contributed by atoms with E-state index in [2.05, 4.69) is 5.32 Å². The maximum absolute atomic E-state index is 13.0. The van der Waals surface area contributed by atoms with E-state index in [4.69, 9.17) is 14.6 Å². The number of nitrogens with zero attached hydrogens (tertiary/aromatic N) is 1. The Balaban J connectivity index is 1.87. The molecule has 0 aliphatic carbocycles. The number of hydrogen-bond acceptors (Lipinski definition) is 6. The first-order valence-corrected chi connectivity index (χ1v) is 9.44. The number of aliphatic carboxylic acids is 1. The van der Waals surface area contributed by atoms with E-state index < -0.39 is 29.9 Å². The van der Waals surface area contributed by atoms with Gasteiger partial charge in [0.2, 0.25) is 0 Å². The van der Waals surface area contributed by atoms with Gasteiger partial charge in [0.05, 0.1) is 12.3 Å². The van der Waals surface area contributed by atoms with Gasteiger partial charge in [-0.25, -0.2) is 14.5 Å². The first-order valence-electron chi connectivity index (χ1n) is 9.44. The normalized spacial score (nSPS) is 16.1. The van der Waals surface area contributed by atoms with Crippen molar-refractivity contribution in [1.82, 2.24) is 5.32 Å². The number of hydrogen-bond donors (Lipinski definition) is 2. The van der Waals surface area contributed by atoms with Crippen molar-refractivity contribution in [2.75, 3.05) is 11.5 Å². The molecule has 1 saturated heterocycles. The Hall–Kier alpha value is -4.14. The molecule has 0 bridgehead atoms. The molecule has 160 valence electrons. The van der Waals surface area contributed by atoms with Crippen LogP contribution in [0.1, 0.15) is 19.4 Å². The molecule has 1 atom stereocenters. The van der Waals surface area contributed by atoms with Crippen molar-refractivity contribution in [3.8, 4) is 11.5 Å². The summed E-state index contributed by atoms with van der Waals surface area (Å²) in [5, 5.41) is 11.1. The zero-order chi connectivity index (χ0) is 22.5. The largest absolute Gasteiger partial charge is 0.494 e. The van der Waals surface area contributed by atoms with Gasteiger partial charge in [-0.15, -0.1) is 0 Å². The second-order valence-electron chi connectivity index (χ2n) is 6.56. The molecule has 0 radical (unpaired) electrons. The van der Waals surface area contributed by atoms with Crippen LogP contribution in [0.25, 0.3) is 6.08 Å². The van der Waals surface area contributed by atoms with E-state index in [9.17, 15) is 19.2 Å². The van der Waals surface area contributed by atoms with Crippen LogP contribution in [0.4, 0.5) is 10.5 Å². The van der Waals surface area contributed by atoms with Gasteiger partial charge in [-0.1, -0.05) is 18.2 Å². The summed E-state index contributed by atoms with van der Waals surface area (Å²) >= 11 is 0. The number of barbiturate groups is 1. The number of anilines is 1. The van der Waals surface area contributed by atoms with Crippen LogP contribution in [-0.4, -0.2) is 41.6 Å². The predicted molar refractivity (Wildman–Crippen MR) is 111 cm³/mol. The minimum Gasteiger partial charge on any atom is -0.494 e. The lowest BCUT2D eigenvalue weighted by Crippen LogP contribution is -2.54. The van der Waals surface area contributed by atoms with Crippen LogP contribution in [-0.2, 0) is 14.4 Å². The molecule has 3 rings (SSSR count). The number of carbonyl (C=O) groups is 4. The molecular weight excluding hydrogens is 404 g/mol. The summed E-state index contributed by atoms with van der Waals surface area (Å²) in [5.74, 6) is -1.89. The van der Waals surface area contributed by atoms with E-state index in [1.54, 1.807) is 30.3 Å².